The smallest absolute Gasteiger partial charge is 0.0159 e. The Morgan fingerprint density at radius 2 is 0.309 bits per heavy atom. The van der Waals surface area contributed by atoms with Crippen LogP contribution in [0.15, 0.2) is 267 Å². The summed E-state index contributed by atoms with van der Waals surface area (Å²) >= 11 is 0. The molecular weight excluding hydrogens is 973 g/mol. The van der Waals surface area contributed by atoms with Crippen molar-refractivity contribution < 1.29 is 0 Å². The van der Waals surface area contributed by atoms with E-state index in [1.165, 1.54) is 156 Å². The molecule has 3 aliphatic rings. The molecule has 0 heterocycles. The van der Waals surface area contributed by atoms with E-state index in [-0.39, 0.29) is 16.2 Å². The van der Waals surface area contributed by atoms with E-state index in [1.54, 1.807) is 0 Å². The van der Waals surface area contributed by atoms with Gasteiger partial charge in [-0.2, -0.15) is 0 Å². The van der Waals surface area contributed by atoms with Gasteiger partial charge in [-0.15, -0.1) is 0 Å². The summed E-state index contributed by atoms with van der Waals surface area (Å²) in [5.74, 6) is 0. The summed E-state index contributed by atoms with van der Waals surface area (Å²) in [7, 11) is 0. The van der Waals surface area contributed by atoms with Crippen LogP contribution in [0.3, 0.4) is 0 Å². The third kappa shape index (κ3) is 7.95. The zero-order valence-corrected chi connectivity index (χ0v) is 46.9. The summed E-state index contributed by atoms with van der Waals surface area (Å²) < 4.78 is 0. The summed E-state index contributed by atoms with van der Waals surface area (Å²) in [6, 6.07) is 100. The molecule has 12 aromatic rings. The van der Waals surface area contributed by atoms with Crippen molar-refractivity contribution in [1.29, 1.82) is 0 Å². The first kappa shape index (κ1) is 48.7. The Kier molecular flexibility index (Phi) is 11.0. The third-order valence-corrected chi connectivity index (χ3v) is 18.7. The maximum atomic E-state index is 2.48. The minimum Gasteiger partial charge on any atom is -0.0622 e. The average Bonchev–Trinajstić information content (AvgIpc) is 4.14. The summed E-state index contributed by atoms with van der Waals surface area (Å²) in [4.78, 5) is 0. The van der Waals surface area contributed by atoms with Crippen molar-refractivity contribution in [2.24, 2.45) is 0 Å². The highest BCUT2D eigenvalue weighted by Crippen LogP contribution is 2.55. The highest BCUT2D eigenvalue weighted by Gasteiger charge is 2.39. The standard InChI is InChI=1S/C81H62/c1-79(2)73-45-61(59-21-13-19-57(43-59)55-27-23-53(24-28-55)51-15-9-7-10-16-51)31-37-67(73)69-39-33-63(47-75(69)79)65-35-41-71-72-42-36-66(50-78(72)81(5,6)77(71)49-65)64-34-40-70-68-38-32-62(46-74(68)80(3,4)76(70)48-64)60-22-14-20-58(44-60)56-29-25-54(26-30-56)52-17-11-8-12-18-52/h7-50H,1-6H3. The van der Waals surface area contributed by atoms with Crippen LogP contribution in [0, 0.1) is 0 Å². The molecule has 15 rings (SSSR count). The third-order valence-electron chi connectivity index (χ3n) is 18.7. The topological polar surface area (TPSA) is 0 Å². The first-order valence-electron chi connectivity index (χ1n) is 28.8. The fraction of sp³-hybridized carbons (Fsp3) is 0.111. The van der Waals surface area contributed by atoms with Gasteiger partial charge < -0.3 is 0 Å². The van der Waals surface area contributed by atoms with Gasteiger partial charge in [0.05, 0.1) is 0 Å². The van der Waals surface area contributed by atoms with Gasteiger partial charge in [0.15, 0.2) is 0 Å². The molecule has 0 atom stereocenters. The molecule has 0 saturated carbocycles. The Morgan fingerprint density at radius 3 is 0.543 bits per heavy atom. The Morgan fingerprint density at radius 1 is 0.148 bits per heavy atom. The molecular formula is C81H62. The number of fused-ring (bicyclic) bond motifs is 9. The van der Waals surface area contributed by atoms with Crippen LogP contribution in [-0.4, -0.2) is 0 Å². The predicted molar refractivity (Wildman–Crippen MR) is 343 cm³/mol. The molecule has 0 unspecified atom stereocenters. The Labute approximate surface area is 477 Å². The molecule has 0 bridgehead atoms. The maximum absolute atomic E-state index is 2.48. The normalized spacial score (nSPS) is 14.3. The predicted octanol–water partition coefficient (Wildman–Crippen LogP) is 21.9. The minimum atomic E-state index is -0.173. The van der Waals surface area contributed by atoms with Gasteiger partial charge in [0, 0.05) is 16.2 Å². The summed E-state index contributed by atoms with van der Waals surface area (Å²) in [6.45, 7) is 14.4. The van der Waals surface area contributed by atoms with Crippen molar-refractivity contribution in [3.8, 4) is 122 Å². The van der Waals surface area contributed by atoms with Crippen LogP contribution in [0.2, 0.25) is 0 Å². The molecule has 0 heteroatoms. The van der Waals surface area contributed by atoms with Crippen LogP contribution in [0.1, 0.15) is 74.9 Å². The van der Waals surface area contributed by atoms with E-state index >= 15 is 0 Å². The minimum absolute atomic E-state index is 0.160. The van der Waals surface area contributed by atoms with E-state index in [9.17, 15) is 0 Å². The molecule has 0 spiro atoms. The Balaban J connectivity index is 0.676. The maximum Gasteiger partial charge on any atom is 0.0159 e. The molecule has 0 aromatic heterocycles. The summed E-state index contributed by atoms with van der Waals surface area (Å²) in [5, 5.41) is 0. The lowest BCUT2D eigenvalue weighted by atomic mass is 9.79. The highest BCUT2D eigenvalue weighted by molar-refractivity contribution is 5.91. The largest absolute Gasteiger partial charge is 0.0622 e. The van der Waals surface area contributed by atoms with Crippen molar-refractivity contribution in [3.05, 3.63) is 300 Å². The van der Waals surface area contributed by atoms with Crippen molar-refractivity contribution in [1.82, 2.24) is 0 Å². The van der Waals surface area contributed by atoms with Crippen LogP contribution >= 0.6 is 0 Å². The number of hydrogen-bond acceptors (Lipinski definition) is 0. The number of hydrogen-bond donors (Lipinski definition) is 0. The van der Waals surface area contributed by atoms with Gasteiger partial charge >= 0.3 is 0 Å². The lowest BCUT2D eigenvalue weighted by Crippen LogP contribution is -2.16. The van der Waals surface area contributed by atoms with E-state index in [1.807, 2.05) is 0 Å². The Hall–Kier alpha value is -9.36. The van der Waals surface area contributed by atoms with Gasteiger partial charge in [-0.3, -0.25) is 0 Å². The summed E-state index contributed by atoms with van der Waals surface area (Å²) in [6.07, 6.45) is 0. The Bertz CT molecular complexity index is 4200. The fourth-order valence-electron chi connectivity index (χ4n) is 14.0. The van der Waals surface area contributed by atoms with Gasteiger partial charge in [-0.1, -0.05) is 260 Å². The molecule has 0 aliphatic heterocycles. The van der Waals surface area contributed by atoms with Crippen molar-refractivity contribution in [3.63, 3.8) is 0 Å². The van der Waals surface area contributed by atoms with Crippen LogP contribution in [0.25, 0.3) is 122 Å². The van der Waals surface area contributed by atoms with E-state index in [0.717, 1.165) is 0 Å². The second-order valence-corrected chi connectivity index (χ2v) is 24.5. The van der Waals surface area contributed by atoms with E-state index in [2.05, 4.69) is 308 Å². The van der Waals surface area contributed by atoms with E-state index < -0.39 is 0 Å². The van der Waals surface area contributed by atoms with Gasteiger partial charge in [-0.05, 0) is 204 Å². The monoisotopic (exact) mass is 1030 g/mol. The molecule has 81 heavy (non-hydrogen) atoms. The second kappa shape index (κ2) is 18.3. The SMILES string of the molecule is CC1(C)c2cc(-c3cccc(-c4ccc(-c5ccccc5)cc4)c3)ccc2-c2ccc(-c3ccc4c(c3)C(C)(C)c3cc(-c5ccc6c(c5)C(C)(C)c5cc(-c7cccc(-c8ccc(-c9ccccc9)cc8)c7)ccc5-6)ccc3-4)cc21. The molecule has 0 fully saturated rings. The summed E-state index contributed by atoms with van der Waals surface area (Å²) in [5.41, 5.74) is 35.8. The first-order valence-corrected chi connectivity index (χ1v) is 28.8. The van der Waals surface area contributed by atoms with Crippen molar-refractivity contribution in [2.75, 3.05) is 0 Å². The van der Waals surface area contributed by atoms with Crippen molar-refractivity contribution in [2.45, 2.75) is 57.8 Å². The first-order chi connectivity index (χ1) is 39.4. The molecule has 0 radical (unpaired) electrons. The number of benzene rings is 12. The second-order valence-electron chi connectivity index (χ2n) is 24.5. The molecule has 3 aliphatic carbocycles. The lowest BCUT2D eigenvalue weighted by molar-refractivity contribution is 0.659. The fourth-order valence-corrected chi connectivity index (χ4v) is 14.0. The van der Waals surface area contributed by atoms with Gasteiger partial charge in [0.2, 0.25) is 0 Å². The van der Waals surface area contributed by atoms with Crippen LogP contribution in [0.4, 0.5) is 0 Å². The molecule has 12 aromatic carbocycles. The molecule has 0 nitrogen and oxygen atoms in total. The van der Waals surface area contributed by atoms with Crippen LogP contribution < -0.4 is 0 Å². The number of rotatable bonds is 8. The highest BCUT2D eigenvalue weighted by atomic mass is 14.4. The van der Waals surface area contributed by atoms with Crippen LogP contribution in [-0.2, 0) is 16.2 Å². The quantitative estimate of drug-likeness (QED) is 0.142. The molecule has 0 saturated heterocycles. The van der Waals surface area contributed by atoms with E-state index in [4.69, 9.17) is 0 Å². The van der Waals surface area contributed by atoms with Crippen molar-refractivity contribution >= 4 is 0 Å². The molecule has 0 N–H and O–H groups in total. The molecule has 386 valence electrons. The van der Waals surface area contributed by atoms with E-state index in [0.29, 0.717) is 0 Å². The zero-order chi connectivity index (χ0) is 54.8. The van der Waals surface area contributed by atoms with Gasteiger partial charge in [-0.25, -0.2) is 0 Å². The zero-order valence-electron chi connectivity index (χ0n) is 46.9. The lowest BCUT2D eigenvalue weighted by Gasteiger charge is -2.24. The van der Waals surface area contributed by atoms with Gasteiger partial charge in [0.25, 0.3) is 0 Å². The van der Waals surface area contributed by atoms with Gasteiger partial charge in [0.1, 0.15) is 0 Å². The average molecular weight is 1040 g/mol. The molecule has 0 amide bonds. The van der Waals surface area contributed by atoms with Crippen LogP contribution in [0.5, 0.6) is 0 Å².